The second-order valence-electron chi connectivity index (χ2n) is 15.8. The summed E-state index contributed by atoms with van der Waals surface area (Å²) in [6.45, 7) is 4.35. The SMILES string of the molecule is CCCCCCCCCCC/C=C\C/C=C\CCCCCCCCCCCCCCCC(=O)NC(CO)C(O)CCCCCCCCCCCC. The molecule has 0 aliphatic heterocycles. The Bertz CT molecular complexity index is 735. The number of unbranched alkanes of at least 4 members (excludes halogenated alkanes) is 31. The Balaban J connectivity index is 3.44. The fraction of sp³-hybridized carbons (Fsp3) is 0.894. The largest absolute Gasteiger partial charge is 0.394 e. The van der Waals surface area contributed by atoms with E-state index < -0.39 is 12.1 Å². The van der Waals surface area contributed by atoms with Crippen LogP contribution in [0.4, 0.5) is 0 Å². The van der Waals surface area contributed by atoms with Crippen LogP contribution in [0.2, 0.25) is 0 Å². The standard InChI is InChI=1S/C47H91NO3/c1-3-5-7-9-11-13-15-16-17-18-19-20-21-22-23-24-25-26-27-28-29-30-31-32-33-35-37-39-41-43-47(51)48-45(44-49)46(50)42-40-38-36-34-14-12-10-8-6-4-2/h19-20,22-23,45-46,49-50H,3-18,21,24-44H2,1-2H3,(H,48,51)/b20-19-,23-22-. The van der Waals surface area contributed by atoms with Crippen LogP contribution in [0.15, 0.2) is 24.3 Å². The van der Waals surface area contributed by atoms with Gasteiger partial charge >= 0.3 is 0 Å². The molecule has 2 atom stereocenters. The first kappa shape index (κ1) is 49.9. The van der Waals surface area contributed by atoms with Crippen molar-refractivity contribution in [3.63, 3.8) is 0 Å². The summed E-state index contributed by atoms with van der Waals surface area (Å²) in [5.74, 6) is -0.0323. The minimum absolute atomic E-state index is 0.0323. The topological polar surface area (TPSA) is 69.6 Å². The van der Waals surface area contributed by atoms with Gasteiger partial charge in [-0.25, -0.2) is 0 Å². The molecule has 0 rings (SSSR count). The normalized spacial score (nSPS) is 13.1. The van der Waals surface area contributed by atoms with E-state index in [4.69, 9.17) is 0 Å². The zero-order valence-corrected chi connectivity index (χ0v) is 34.6. The molecule has 0 aliphatic carbocycles. The summed E-state index contributed by atoms with van der Waals surface area (Å²) < 4.78 is 0. The number of hydrogen-bond acceptors (Lipinski definition) is 3. The zero-order chi connectivity index (χ0) is 37.1. The maximum Gasteiger partial charge on any atom is 0.220 e. The van der Waals surface area contributed by atoms with Crippen molar-refractivity contribution in [1.82, 2.24) is 5.32 Å². The van der Waals surface area contributed by atoms with E-state index in [0.717, 1.165) is 32.1 Å². The summed E-state index contributed by atoms with van der Waals surface area (Å²) in [5, 5.41) is 23.1. The van der Waals surface area contributed by atoms with Crippen LogP contribution in [0.3, 0.4) is 0 Å². The molecule has 0 bridgehead atoms. The smallest absolute Gasteiger partial charge is 0.220 e. The molecule has 51 heavy (non-hydrogen) atoms. The summed E-state index contributed by atoms with van der Waals surface area (Å²) in [7, 11) is 0. The van der Waals surface area contributed by atoms with Crippen LogP contribution in [0.25, 0.3) is 0 Å². The summed E-state index contributed by atoms with van der Waals surface area (Å²) >= 11 is 0. The zero-order valence-electron chi connectivity index (χ0n) is 34.6. The molecule has 3 N–H and O–H groups in total. The molecule has 4 heteroatoms. The van der Waals surface area contributed by atoms with E-state index in [1.807, 2.05) is 0 Å². The van der Waals surface area contributed by atoms with Gasteiger partial charge in [0.1, 0.15) is 0 Å². The highest BCUT2D eigenvalue weighted by Gasteiger charge is 2.20. The molecule has 302 valence electrons. The first-order valence-electron chi connectivity index (χ1n) is 23.0. The van der Waals surface area contributed by atoms with E-state index in [1.54, 1.807) is 0 Å². The van der Waals surface area contributed by atoms with Gasteiger partial charge in [0.25, 0.3) is 0 Å². The van der Waals surface area contributed by atoms with Gasteiger partial charge in [0, 0.05) is 6.42 Å². The summed E-state index contributed by atoms with van der Waals surface area (Å²) in [4.78, 5) is 12.4. The van der Waals surface area contributed by atoms with Crippen LogP contribution in [-0.4, -0.2) is 34.9 Å². The van der Waals surface area contributed by atoms with Gasteiger partial charge in [-0.3, -0.25) is 4.79 Å². The number of carbonyl (C=O) groups excluding carboxylic acids is 1. The van der Waals surface area contributed by atoms with Crippen LogP contribution in [0.5, 0.6) is 0 Å². The van der Waals surface area contributed by atoms with Crippen LogP contribution >= 0.6 is 0 Å². The Morgan fingerprint density at radius 1 is 0.471 bits per heavy atom. The second kappa shape index (κ2) is 43.3. The van der Waals surface area contributed by atoms with Gasteiger partial charge in [0.2, 0.25) is 5.91 Å². The van der Waals surface area contributed by atoms with Crippen LogP contribution in [0.1, 0.15) is 251 Å². The first-order chi connectivity index (χ1) is 25.2. The third-order valence-corrected chi connectivity index (χ3v) is 10.7. The van der Waals surface area contributed by atoms with Gasteiger partial charge in [-0.05, 0) is 44.9 Å². The monoisotopic (exact) mass is 718 g/mol. The molecule has 0 radical (unpaired) electrons. The predicted octanol–water partition coefficient (Wildman–Crippen LogP) is 14.4. The molecular weight excluding hydrogens is 627 g/mol. The number of aliphatic hydroxyl groups is 2. The molecule has 0 aromatic rings. The van der Waals surface area contributed by atoms with Gasteiger partial charge in [-0.1, -0.05) is 224 Å². The highest BCUT2D eigenvalue weighted by Crippen LogP contribution is 2.16. The molecule has 0 saturated heterocycles. The maximum absolute atomic E-state index is 12.4. The molecule has 0 aromatic carbocycles. The molecule has 0 spiro atoms. The van der Waals surface area contributed by atoms with Crippen molar-refractivity contribution >= 4 is 5.91 Å². The summed E-state index contributed by atoms with van der Waals surface area (Å²) in [5.41, 5.74) is 0. The number of amides is 1. The number of allylic oxidation sites excluding steroid dienone is 4. The van der Waals surface area contributed by atoms with E-state index in [9.17, 15) is 15.0 Å². The number of hydrogen-bond donors (Lipinski definition) is 3. The lowest BCUT2D eigenvalue weighted by molar-refractivity contribution is -0.123. The quantitative estimate of drug-likeness (QED) is 0.0435. The molecular formula is C47H91NO3. The highest BCUT2D eigenvalue weighted by molar-refractivity contribution is 5.76. The lowest BCUT2D eigenvalue weighted by atomic mass is 10.0. The van der Waals surface area contributed by atoms with E-state index in [2.05, 4.69) is 43.5 Å². The fourth-order valence-electron chi connectivity index (χ4n) is 7.16. The Kier molecular flexibility index (Phi) is 42.3. The lowest BCUT2D eigenvalue weighted by Gasteiger charge is -2.22. The van der Waals surface area contributed by atoms with Crippen molar-refractivity contribution in [3.8, 4) is 0 Å². The van der Waals surface area contributed by atoms with Crippen molar-refractivity contribution in [1.29, 1.82) is 0 Å². The Labute approximate surface area is 319 Å². The molecule has 0 aliphatic rings. The molecule has 4 nitrogen and oxygen atoms in total. The van der Waals surface area contributed by atoms with Gasteiger partial charge in [-0.2, -0.15) is 0 Å². The molecule has 1 amide bonds. The maximum atomic E-state index is 12.4. The number of nitrogens with one attached hydrogen (secondary N) is 1. The molecule has 0 fully saturated rings. The first-order valence-corrected chi connectivity index (χ1v) is 23.0. The average Bonchev–Trinajstić information content (AvgIpc) is 3.13. The average molecular weight is 718 g/mol. The van der Waals surface area contributed by atoms with Crippen LogP contribution < -0.4 is 5.32 Å². The van der Waals surface area contributed by atoms with Gasteiger partial charge in [-0.15, -0.1) is 0 Å². The number of rotatable bonds is 42. The molecule has 0 heterocycles. The minimum Gasteiger partial charge on any atom is -0.394 e. The van der Waals surface area contributed by atoms with Crippen molar-refractivity contribution in [3.05, 3.63) is 24.3 Å². The van der Waals surface area contributed by atoms with Crippen molar-refractivity contribution in [2.24, 2.45) is 0 Å². The predicted molar refractivity (Wildman–Crippen MR) is 225 cm³/mol. The molecule has 0 saturated carbocycles. The lowest BCUT2D eigenvalue weighted by Crippen LogP contribution is -2.45. The van der Waals surface area contributed by atoms with E-state index in [0.29, 0.717) is 12.8 Å². The van der Waals surface area contributed by atoms with E-state index >= 15 is 0 Å². The second-order valence-corrected chi connectivity index (χ2v) is 15.8. The Hall–Kier alpha value is -1.13. The third kappa shape index (κ3) is 39.9. The number of aliphatic hydroxyl groups excluding tert-OH is 2. The van der Waals surface area contributed by atoms with Gasteiger partial charge in [0.15, 0.2) is 0 Å². The minimum atomic E-state index is -0.656. The van der Waals surface area contributed by atoms with Gasteiger partial charge in [0.05, 0.1) is 18.8 Å². The molecule has 0 aromatic heterocycles. The summed E-state index contributed by atoms with van der Waals surface area (Å²) in [6.07, 6.45) is 55.6. The van der Waals surface area contributed by atoms with Gasteiger partial charge < -0.3 is 15.5 Å². The van der Waals surface area contributed by atoms with E-state index in [1.165, 1.54) is 193 Å². The molecule has 2 unspecified atom stereocenters. The number of carbonyl (C=O) groups is 1. The van der Waals surface area contributed by atoms with Crippen molar-refractivity contribution in [2.45, 2.75) is 264 Å². The summed E-state index contributed by atoms with van der Waals surface area (Å²) in [6, 6.07) is -0.533. The third-order valence-electron chi connectivity index (χ3n) is 10.7. The van der Waals surface area contributed by atoms with Crippen LogP contribution in [0, 0.1) is 0 Å². The Morgan fingerprint density at radius 2 is 0.804 bits per heavy atom. The van der Waals surface area contributed by atoms with Crippen molar-refractivity contribution in [2.75, 3.05) is 6.61 Å². The van der Waals surface area contributed by atoms with E-state index in [-0.39, 0.29) is 12.5 Å². The van der Waals surface area contributed by atoms with Crippen LogP contribution in [-0.2, 0) is 4.79 Å². The van der Waals surface area contributed by atoms with Crippen molar-refractivity contribution < 1.29 is 15.0 Å². The Morgan fingerprint density at radius 3 is 1.18 bits per heavy atom. The fourth-order valence-corrected chi connectivity index (χ4v) is 7.16. The highest BCUT2D eigenvalue weighted by atomic mass is 16.3.